The number of rotatable bonds is 2. The first-order valence-electron chi connectivity index (χ1n) is 3.94. The fraction of sp³-hybridized carbons (Fsp3) is 0.333. The molecule has 0 spiro atoms. The van der Waals surface area contributed by atoms with Gasteiger partial charge in [0.1, 0.15) is 0 Å². The predicted octanol–water partition coefficient (Wildman–Crippen LogP) is 1.48. The highest BCUT2D eigenvalue weighted by Gasteiger charge is 2.23. The molecule has 0 aromatic heterocycles. The fourth-order valence-electron chi connectivity index (χ4n) is 1.00. The molecule has 0 radical (unpaired) electrons. The average Bonchev–Trinajstić information content (AvgIpc) is 2.06. The molecule has 1 N–H and O–H groups in total. The second-order valence-electron chi connectivity index (χ2n) is 2.99. The van der Waals surface area contributed by atoms with Gasteiger partial charge >= 0.3 is 0 Å². The third-order valence-corrected chi connectivity index (χ3v) is 5.04. The Labute approximate surface area is 68.8 Å². The summed E-state index contributed by atoms with van der Waals surface area (Å²) >= 11 is 0. The summed E-state index contributed by atoms with van der Waals surface area (Å²) in [6, 6.07) is 10.8. The van der Waals surface area contributed by atoms with Crippen molar-refractivity contribution in [1.29, 1.82) is 0 Å². The Morgan fingerprint density at radius 1 is 1.27 bits per heavy atom. The molecule has 0 heterocycles. The third-order valence-electron chi connectivity index (χ3n) is 2.08. The van der Waals surface area contributed by atoms with E-state index >= 15 is 0 Å². The van der Waals surface area contributed by atoms with Crippen molar-refractivity contribution in [2.45, 2.75) is 19.5 Å². The van der Waals surface area contributed by atoms with E-state index in [1.165, 1.54) is 0 Å². The molecule has 2 heteroatoms. The van der Waals surface area contributed by atoms with E-state index in [4.69, 9.17) is 0 Å². The summed E-state index contributed by atoms with van der Waals surface area (Å²) in [7, 11) is -2.05. The zero-order valence-electron chi connectivity index (χ0n) is 7.04. The van der Waals surface area contributed by atoms with Crippen LogP contribution < -0.4 is 5.19 Å². The molecular formula is C9H14OSi. The third kappa shape index (κ3) is 1.91. The van der Waals surface area contributed by atoms with Crippen molar-refractivity contribution in [2.75, 3.05) is 0 Å². The van der Waals surface area contributed by atoms with E-state index in [9.17, 15) is 4.80 Å². The zero-order chi connectivity index (χ0) is 8.32. The van der Waals surface area contributed by atoms with Crippen molar-refractivity contribution < 1.29 is 4.80 Å². The lowest BCUT2D eigenvalue weighted by molar-refractivity contribution is 0.559. The standard InChI is InChI=1S/C9H14OSi/c1-3-11(2,10)9-7-5-4-6-8-9/h4-8,10H,3H2,1-2H3. The largest absolute Gasteiger partial charge is 0.428 e. The van der Waals surface area contributed by atoms with Crippen molar-refractivity contribution in [3.63, 3.8) is 0 Å². The molecule has 1 aromatic carbocycles. The van der Waals surface area contributed by atoms with Crippen molar-refractivity contribution in [3.8, 4) is 0 Å². The van der Waals surface area contributed by atoms with Crippen LogP contribution in [0.5, 0.6) is 0 Å². The molecular weight excluding hydrogens is 152 g/mol. The molecule has 60 valence electrons. The van der Waals surface area contributed by atoms with Crippen molar-refractivity contribution in [1.82, 2.24) is 0 Å². The molecule has 1 rings (SSSR count). The molecule has 0 aliphatic rings. The minimum absolute atomic E-state index is 0.886. The minimum Gasteiger partial charge on any atom is -0.428 e. The summed E-state index contributed by atoms with van der Waals surface area (Å²) in [6.45, 7) is 4.02. The van der Waals surface area contributed by atoms with Gasteiger partial charge in [0.05, 0.1) is 0 Å². The van der Waals surface area contributed by atoms with Crippen LogP contribution in [-0.4, -0.2) is 13.1 Å². The summed E-state index contributed by atoms with van der Waals surface area (Å²) in [6.07, 6.45) is 0. The smallest absolute Gasteiger partial charge is 0.216 e. The van der Waals surface area contributed by atoms with Gasteiger partial charge in [0, 0.05) is 0 Å². The van der Waals surface area contributed by atoms with E-state index in [-0.39, 0.29) is 0 Å². The maximum absolute atomic E-state index is 9.93. The molecule has 0 saturated carbocycles. The maximum Gasteiger partial charge on any atom is 0.216 e. The van der Waals surface area contributed by atoms with Crippen LogP contribution >= 0.6 is 0 Å². The Balaban J connectivity index is 2.93. The van der Waals surface area contributed by atoms with Crippen LogP contribution in [0.25, 0.3) is 0 Å². The molecule has 1 aromatic rings. The van der Waals surface area contributed by atoms with E-state index in [1.807, 2.05) is 43.8 Å². The summed E-state index contributed by atoms with van der Waals surface area (Å²) in [5.74, 6) is 0. The lowest BCUT2D eigenvalue weighted by atomic mass is 10.4. The molecule has 0 amide bonds. The molecule has 0 saturated heterocycles. The Hall–Kier alpha value is -0.603. The summed E-state index contributed by atoms with van der Waals surface area (Å²) in [5, 5.41) is 1.13. The second-order valence-corrected chi connectivity index (χ2v) is 6.83. The van der Waals surface area contributed by atoms with Gasteiger partial charge in [-0.15, -0.1) is 0 Å². The van der Waals surface area contributed by atoms with Crippen molar-refractivity contribution >= 4 is 13.5 Å². The van der Waals surface area contributed by atoms with Gasteiger partial charge in [-0.2, -0.15) is 0 Å². The Bertz CT molecular complexity index is 218. The Morgan fingerprint density at radius 2 is 1.82 bits per heavy atom. The van der Waals surface area contributed by atoms with Crippen LogP contribution in [0.2, 0.25) is 12.6 Å². The summed E-state index contributed by atoms with van der Waals surface area (Å²) in [4.78, 5) is 9.93. The molecule has 11 heavy (non-hydrogen) atoms. The Kier molecular flexibility index (Phi) is 2.47. The van der Waals surface area contributed by atoms with Gasteiger partial charge in [-0.3, -0.25) is 0 Å². The number of hydrogen-bond acceptors (Lipinski definition) is 1. The highest BCUT2D eigenvalue weighted by atomic mass is 28.4. The van der Waals surface area contributed by atoms with E-state index in [0.717, 1.165) is 11.2 Å². The van der Waals surface area contributed by atoms with Gasteiger partial charge in [-0.25, -0.2) is 0 Å². The van der Waals surface area contributed by atoms with E-state index in [1.54, 1.807) is 0 Å². The van der Waals surface area contributed by atoms with E-state index in [0.29, 0.717) is 0 Å². The number of hydrogen-bond donors (Lipinski definition) is 1. The first-order valence-corrected chi connectivity index (χ1v) is 6.60. The highest BCUT2D eigenvalue weighted by molar-refractivity contribution is 6.84. The molecule has 0 fully saturated rings. The fourth-order valence-corrected chi connectivity index (χ4v) is 2.32. The highest BCUT2D eigenvalue weighted by Crippen LogP contribution is 2.03. The lowest BCUT2D eigenvalue weighted by Crippen LogP contribution is -2.43. The van der Waals surface area contributed by atoms with Crippen molar-refractivity contribution in [3.05, 3.63) is 30.3 Å². The SMILES string of the molecule is CC[Si](C)(O)c1ccccc1. The summed E-state index contributed by atoms with van der Waals surface area (Å²) in [5.41, 5.74) is 0. The van der Waals surface area contributed by atoms with E-state index < -0.39 is 8.32 Å². The van der Waals surface area contributed by atoms with Crippen LogP contribution in [0.1, 0.15) is 6.92 Å². The van der Waals surface area contributed by atoms with E-state index in [2.05, 4.69) is 0 Å². The van der Waals surface area contributed by atoms with Crippen LogP contribution in [0, 0.1) is 0 Å². The van der Waals surface area contributed by atoms with Gasteiger partial charge in [-0.1, -0.05) is 37.3 Å². The first-order chi connectivity index (χ1) is 5.17. The zero-order valence-corrected chi connectivity index (χ0v) is 8.04. The lowest BCUT2D eigenvalue weighted by Gasteiger charge is -2.17. The predicted molar refractivity (Wildman–Crippen MR) is 50.4 cm³/mol. The van der Waals surface area contributed by atoms with Gasteiger partial charge in [-0.05, 0) is 17.8 Å². The van der Waals surface area contributed by atoms with Crippen LogP contribution in [0.4, 0.5) is 0 Å². The minimum atomic E-state index is -2.05. The first kappa shape index (κ1) is 8.49. The van der Waals surface area contributed by atoms with Gasteiger partial charge in [0.2, 0.25) is 8.32 Å². The molecule has 1 nitrogen and oxygen atoms in total. The molecule has 0 aliphatic heterocycles. The molecule has 1 atom stereocenters. The van der Waals surface area contributed by atoms with Crippen molar-refractivity contribution in [2.24, 2.45) is 0 Å². The number of benzene rings is 1. The monoisotopic (exact) mass is 166 g/mol. The van der Waals surface area contributed by atoms with Crippen LogP contribution in [0.15, 0.2) is 30.3 Å². The van der Waals surface area contributed by atoms with Gasteiger partial charge in [0.25, 0.3) is 0 Å². The second kappa shape index (κ2) is 3.20. The van der Waals surface area contributed by atoms with Crippen LogP contribution in [0.3, 0.4) is 0 Å². The quantitative estimate of drug-likeness (QED) is 0.660. The van der Waals surface area contributed by atoms with Gasteiger partial charge in [0.15, 0.2) is 0 Å². The normalized spacial score (nSPS) is 15.9. The Morgan fingerprint density at radius 3 is 2.27 bits per heavy atom. The average molecular weight is 166 g/mol. The van der Waals surface area contributed by atoms with Crippen LogP contribution in [-0.2, 0) is 0 Å². The summed E-state index contributed by atoms with van der Waals surface area (Å²) < 4.78 is 0. The topological polar surface area (TPSA) is 20.2 Å². The molecule has 0 bridgehead atoms. The molecule has 1 unspecified atom stereocenters. The van der Waals surface area contributed by atoms with Gasteiger partial charge < -0.3 is 4.80 Å². The maximum atomic E-state index is 9.93. The molecule has 0 aliphatic carbocycles.